The Kier molecular flexibility index (Phi) is 5.60. The van der Waals surface area contributed by atoms with Crippen molar-refractivity contribution in [3.8, 4) is 0 Å². The van der Waals surface area contributed by atoms with Crippen molar-refractivity contribution < 1.29 is 24.9 Å². The Balaban J connectivity index is 2.68. The summed E-state index contributed by atoms with van der Waals surface area (Å²) in [5.41, 5.74) is 0.0946. The molecule has 108 valence electrons. The fraction of sp³-hybridized carbons (Fsp3) is 0.333. The smallest absolute Gasteiger partial charge is 0.271 e. The first-order valence-corrected chi connectivity index (χ1v) is 6.02. The van der Waals surface area contributed by atoms with Crippen LogP contribution in [0.15, 0.2) is 24.3 Å². The summed E-state index contributed by atoms with van der Waals surface area (Å²) in [6.07, 6.45) is -0.265. The Morgan fingerprint density at radius 1 is 1.45 bits per heavy atom. The van der Waals surface area contributed by atoms with Crippen LogP contribution in [0.1, 0.15) is 13.3 Å². The molecule has 0 saturated heterocycles. The maximum Gasteiger partial charge on any atom is 0.271 e. The Hall–Kier alpha value is -2.48. The molecule has 0 fully saturated rings. The molecule has 0 heterocycles. The molecule has 0 bridgehead atoms. The van der Waals surface area contributed by atoms with E-state index in [4.69, 9.17) is 0 Å². The number of nitrogens with two attached hydrogens (primary N) is 1. The lowest BCUT2D eigenvalue weighted by Crippen LogP contribution is -2.93. The number of carbonyl (C=O) groups is 2. The van der Waals surface area contributed by atoms with Gasteiger partial charge in [-0.05, 0) is 13.0 Å². The van der Waals surface area contributed by atoms with Crippen LogP contribution < -0.4 is 15.7 Å². The maximum atomic E-state index is 11.7. The fourth-order valence-electron chi connectivity index (χ4n) is 1.66. The van der Waals surface area contributed by atoms with E-state index in [1.54, 1.807) is 6.92 Å². The molecule has 1 aromatic carbocycles. The van der Waals surface area contributed by atoms with Crippen molar-refractivity contribution in [2.24, 2.45) is 0 Å². The molecule has 1 rings (SSSR count). The van der Waals surface area contributed by atoms with Crippen molar-refractivity contribution in [3.63, 3.8) is 0 Å². The van der Waals surface area contributed by atoms with Crippen molar-refractivity contribution in [1.29, 1.82) is 0 Å². The number of aliphatic carboxylic acids is 1. The highest BCUT2D eigenvalue weighted by atomic mass is 16.6. The molecule has 1 amide bonds. The van der Waals surface area contributed by atoms with Crippen LogP contribution in [-0.2, 0) is 9.59 Å². The number of nitrogens with zero attached hydrogens (tertiary/aromatic N) is 1. The van der Waals surface area contributed by atoms with E-state index in [0.717, 1.165) is 0 Å². The Labute approximate surface area is 114 Å². The summed E-state index contributed by atoms with van der Waals surface area (Å²) in [7, 11) is 0. The van der Waals surface area contributed by atoms with Gasteiger partial charge < -0.3 is 20.5 Å². The number of quaternary nitrogens is 1. The lowest BCUT2D eigenvalue weighted by Gasteiger charge is -2.15. The van der Waals surface area contributed by atoms with Gasteiger partial charge in [0.1, 0.15) is 6.04 Å². The van der Waals surface area contributed by atoms with Gasteiger partial charge in [0.25, 0.3) is 5.69 Å². The SMILES string of the molecule is CC[NH2+][C@H](CC(=O)Nc1cccc([N+](=O)[O-])c1)C(=O)[O-]. The first kappa shape index (κ1) is 15.6. The zero-order valence-corrected chi connectivity index (χ0v) is 10.9. The van der Waals surface area contributed by atoms with Crippen LogP contribution in [0.4, 0.5) is 11.4 Å². The third-order valence-electron chi connectivity index (χ3n) is 2.57. The van der Waals surface area contributed by atoms with Gasteiger partial charge in [-0.1, -0.05) is 6.07 Å². The van der Waals surface area contributed by atoms with Crippen LogP contribution in [0.25, 0.3) is 0 Å². The van der Waals surface area contributed by atoms with Gasteiger partial charge >= 0.3 is 0 Å². The highest BCUT2D eigenvalue weighted by molar-refractivity contribution is 5.93. The second kappa shape index (κ2) is 7.19. The molecule has 1 atom stereocenters. The van der Waals surface area contributed by atoms with Gasteiger partial charge in [-0.2, -0.15) is 0 Å². The molecule has 3 N–H and O–H groups in total. The molecule has 20 heavy (non-hydrogen) atoms. The standard InChI is InChI=1S/C12H15N3O5/c1-2-13-10(12(17)18)7-11(16)14-8-4-3-5-9(6-8)15(19)20/h3-6,10,13H,2,7H2,1H3,(H,14,16)(H,17,18)/t10-/m1/s1. The van der Waals surface area contributed by atoms with Crippen molar-refractivity contribution >= 4 is 23.3 Å². The number of rotatable bonds is 7. The van der Waals surface area contributed by atoms with Crippen LogP contribution in [0.5, 0.6) is 0 Å². The molecule has 0 aromatic heterocycles. The van der Waals surface area contributed by atoms with E-state index in [2.05, 4.69) is 5.32 Å². The fourth-order valence-corrected chi connectivity index (χ4v) is 1.66. The number of carboxylic acids is 1. The Morgan fingerprint density at radius 2 is 2.15 bits per heavy atom. The van der Waals surface area contributed by atoms with Gasteiger partial charge in [0.05, 0.1) is 23.9 Å². The zero-order valence-electron chi connectivity index (χ0n) is 10.9. The van der Waals surface area contributed by atoms with Crippen molar-refractivity contribution in [2.45, 2.75) is 19.4 Å². The van der Waals surface area contributed by atoms with E-state index in [1.165, 1.54) is 29.6 Å². The van der Waals surface area contributed by atoms with E-state index < -0.39 is 22.8 Å². The first-order chi connectivity index (χ1) is 9.43. The third kappa shape index (κ3) is 4.65. The lowest BCUT2D eigenvalue weighted by molar-refractivity contribution is -0.679. The summed E-state index contributed by atoms with van der Waals surface area (Å²) in [5.74, 6) is -1.86. The van der Waals surface area contributed by atoms with E-state index in [1.807, 2.05) is 0 Å². The molecular weight excluding hydrogens is 266 g/mol. The number of non-ortho nitro benzene ring substituents is 1. The number of carboxylic acid groups (broad SMARTS) is 1. The van der Waals surface area contributed by atoms with Gasteiger partial charge in [0, 0.05) is 17.8 Å². The number of likely N-dealkylation sites (N-methyl/N-ethyl adjacent to an activating group) is 1. The topological polar surface area (TPSA) is 129 Å². The van der Waals surface area contributed by atoms with Crippen LogP contribution in [0.2, 0.25) is 0 Å². The molecule has 0 radical (unpaired) electrons. The summed E-state index contributed by atoms with van der Waals surface area (Å²) in [6, 6.07) is 4.45. The molecule has 8 nitrogen and oxygen atoms in total. The number of amides is 1. The number of nitrogens with one attached hydrogen (secondary N) is 1. The molecule has 0 aliphatic carbocycles. The second-order valence-electron chi connectivity index (χ2n) is 4.13. The number of benzene rings is 1. The van der Waals surface area contributed by atoms with Crippen molar-refractivity contribution in [1.82, 2.24) is 0 Å². The van der Waals surface area contributed by atoms with E-state index in [9.17, 15) is 24.8 Å². The quantitative estimate of drug-likeness (QED) is 0.470. The molecule has 0 unspecified atom stereocenters. The average Bonchev–Trinajstić information content (AvgIpc) is 2.38. The summed E-state index contributed by atoms with van der Waals surface area (Å²) in [5, 5.41) is 25.3. The van der Waals surface area contributed by atoms with Crippen LogP contribution in [0, 0.1) is 10.1 Å². The molecule has 1 aromatic rings. The van der Waals surface area contributed by atoms with Crippen molar-refractivity contribution in [3.05, 3.63) is 34.4 Å². The Bertz CT molecular complexity index is 518. The predicted molar refractivity (Wildman–Crippen MR) is 67.6 cm³/mol. The molecule has 8 heteroatoms. The normalized spacial score (nSPS) is 11.7. The zero-order chi connectivity index (χ0) is 15.1. The molecule has 0 aliphatic rings. The summed E-state index contributed by atoms with van der Waals surface area (Å²) in [4.78, 5) is 32.5. The minimum absolute atomic E-state index is 0.153. The molecule has 0 aliphatic heterocycles. The van der Waals surface area contributed by atoms with Crippen molar-refractivity contribution in [2.75, 3.05) is 11.9 Å². The van der Waals surface area contributed by atoms with Gasteiger partial charge in [0.2, 0.25) is 5.91 Å². The van der Waals surface area contributed by atoms with Gasteiger partial charge in [-0.25, -0.2) is 0 Å². The highest BCUT2D eigenvalue weighted by Gasteiger charge is 2.17. The highest BCUT2D eigenvalue weighted by Crippen LogP contribution is 2.17. The number of anilines is 1. The number of hydrogen-bond donors (Lipinski definition) is 2. The van der Waals surface area contributed by atoms with E-state index in [-0.39, 0.29) is 17.8 Å². The van der Waals surface area contributed by atoms with E-state index in [0.29, 0.717) is 6.54 Å². The lowest BCUT2D eigenvalue weighted by atomic mass is 10.2. The van der Waals surface area contributed by atoms with Crippen LogP contribution >= 0.6 is 0 Å². The summed E-state index contributed by atoms with van der Waals surface area (Å²) in [6.45, 7) is 2.26. The number of hydrogen-bond acceptors (Lipinski definition) is 5. The largest absolute Gasteiger partial charge is 0.544 e. The van der Waals surface area contributed by atoms with E-state index >= 15 is 0 Å². The molecule has 0 spiro atoms. The minimum Gasteiger partial charge on any atom is -0.544 e. The predicted octanol–water partition coefficient (Wildman–Crippen LogP) is -1.37. The summed E-state index contributed by atoms with van der Waals surface area (Å²) < 4.78 is 0. The first-order valence-electron chi connectivity index (χ1n) is 6.02. The Morgan fingerprint density at radius 3 is 2.70 bits per heavy atom. The average molecular weight is 281 g/mol. The minimum atomic E-state index is -1.32. The summed E-state index contributed by atoms with van der Waals surface area (Å²) >= 11 is 0. The number of carbonyl (C=O) groups excluding carboxylic acids is 2. The number of nitro benzene ring substituents is 1. The van der Waals surface area contributed by atoms with Crippen LogP contribution in [0.3, 0.4) is 0 Å². The second-order valence-corrected chi connectivity index (χ2v) is 4.13. The molecular formula is C12H15N3O5. The van der Waals surface area contributed by atoms with Gasteiger partial charge in [-0.3, -0.25) is 14.9 Å². The molecule has 0 saturated carbocycles. The van der Waals surface area contributed by atoms with Gasteiger partial charge in [0.15, 0.2) is 0 Å². The van der Waals surface area contributed by atoms with Crippen LogP contribution in [-0.4, -0.2) is 29.4 Å². The van der Waals surface area contributed by atoms with Gasteiger partial charge in [-0.15, -0.1) is 0 Å². The monoisotopic (exact) mass is 281 g/mol. The third-order valence-corrected chi connectivity index (χ3v) is 2.57. The maximum absolute atomic E-state index is 11.7. The number of nitro groups is 1.